The molecule has 0 unspecified atom stereocenters. The summed E-state index contributed by atoms with van der Waals surface area (Å²) in [7, 11) is 0. The number of anilines is 2. The van der Waals surface area contributed by atoms with Crippen molar-refractivity contribution in [2.45, 2.75) is 32.7 Å². The van der Waals surface area contributed by atoms with Crippen LogP contribution in [0.4, 0.5) is 11.4 Å². The van der Waals surface area contributed by atoms with E-state index in [1.807, 2.05) is 18.3 Å². The van der Waals surface area contributed by atoms with Gasteiger partial charge in [0.05, 0.1) is 5.52 Å². The number of aromatic nitrogens is 1. The van der Waals surface area contributed by atoms with Gasteiger partial charge >= 0.3 is 0 Å². The number of pyridine rings is 1. The van der Waals surface area contributed by atoms with Gasteiger partial charge in [0.2, 0.25) is 0 Å². The number of likely N-dealkylation sites (tertiary alicyclic amines) is 1. The van der Waals surface area contributed by atoms with Crippen LogP contribution in [0.5, 0.6) is 5.75 Å². The van der Waals surface area contributed by atoms with Crippen molar-refractivity contribution >= 4 is 22.3 Å². The molecule has 1 fully saturated rings. The fraction of sp³-hybridized carbons (Fsp3) is 0.318. The van der Waals surface area contributed by atoms with Crippen LogP contribution in [-0.4, -0.2) is 28.1 Å². The third kappa shape index (κ3) is 3.65. The van der Waals surface area contributed by atoms with Gasteiger partial charge < -0.3 is 10.4 Å². The number of rotatable bonds is 4. The Morgan fingerprint density at radius 2 is 1.88 bits per heavy atom. The van der Waals surface area contributed by atoms with Crippen molar-refractivity contribution in [3.05, 3.63) is 59.8 Å². The van der Waals surface area contributed by atoms with E-state index in [1.165, 1.54) is 24.8 Å². The van der Waals surface area contributed by atoms with E-state index in [0.717, 1.165) is 47.5 Å². The maximum atomic E-state index is 10.3. The molecule has 1 saturated heterocycles. The molecule has 0 atom stereocenters. The first kappa shape index (κ1) is 16.9. The molecule has 0 aliphatic carbocycles. The molecule has 0 radical (unpaired) electrons. The van der Waals surface area contributed by atoms with Gasteiger partial charge in [0, 0.05) is 35.1 Å². The number of nitrogens with zero attached hydrogens (tertiary/aromatic N) is 2. The Hall–Kier alpha value is -2.59. The summed E-state index contributed by atoms with van der Waals surface area (Å²) in [6.07, 6.45) is 5.65. The van der Waals surface area contributed by atoms with Gasteiger partial charge in [-0.2, -0.15) is 0 Å². The average Bonchev–Trinajstić information content (AvgIpc) is 2.65. The Morgan fingerprint density at radius 3 is 2.73 bits per heavy atom. The number of nitrogens with one attached hydrogen (secondary N) is 1. The summed E-state index contributed by atoms with van der Waals surface area (Å²) >= 11 is 0. The van der Waals surface area contributed by atoms with Gasteiger partial charge in [0.15, 0.2) is 0 Å². The van der Waals surface area contributed by atoms with Crippen LogP contribution < -0.4 is 5.32 Å². The molecule has 0 amide bonds. The largest absolute Gasteiger partial charge is 0.508 e. The standard InChI is InChI=1S/C22H25N3O/c1-16-5-7-19-20(9-10-23-21(19)13-16)24-18-6-8-22(26)17(14-18)15-25-11-3-2-4-12-25/h5-10,13-14,26H,2-4,11-12,15H2,1H3,(H,23,24). The minimum Gasteiger partial charge on any atom is -0.508 e. The highest BCUT2D eigenvalue weighted by atomic mass is 16.3. The summed E-state index contributed by atoms with van der Waals surface area (Å²) < 4.78 is 0. The second kappa shape index (κ2) is 7.34. The lowest BCUT2D eigenvalue weighted by Gasteiger charge is -2.26. The summed E-state index contributed by atoms with van der Waals surface area (Å²) in [6.45, 7) is 5.11. The van der Waals surface area contributed by atoms with E-state index >= 15 is 0 Å². The second-order valence-corrected chi connectivity index (χ2v) is 7.18. The first-order valence-corrected chi connectivity index (χ1v) is 9.36. The Bertz CT molecular complexity index is 916. The van der Waals surface area contributed by atoms with Gasteiger partial charge in [-0.3, -0.25) is 9.88 Å². The van der Waals surface area contributed by atoms with E-state index in [0.29, 0.717) is 5.75 Å². The van der Waals surface area contributed by atoms with Crippen molar-refractivity contribution in [2.24, 2.45) is 0 Å². The third-order valence-corrected chi connectivity index (χ3v) is 5.10. The summed E-state index contributed by atoms with van der Waals surface area (Å²) in [4.78, 5) is 6.89. The van der Waals surface area contributed by atoms with Gasteiger partial charge in [-0.1, -0.05) is 18.6 Å². The smallest absolute Gasteiger partial charge is 0.120 e. The van der Waals surface area contributed by atoms with E-state index in [9.17, 15) is 5.11 Å². The lowest BCUT2D eigenvalue weighted by Crippen LogP contribution is -2.29. The van der Waals surface area contributed by atoms with Crippen LogP contribution in [0.25, 0.3) is 10.9 Å². The number of fused-ring (bicyclic) bond motifs is 1. The van der Waals surface area contributed by atoms with Crippen LogP contribution in [0.1, 0.15) is 30.4 Å². The maximum absolute atomic E-state index is 10.3. The van der Waals surface area contributed by atoms with Crippen molar-refractivity contribution in [3.63, 3.8) is 0 Å². The third-order valence-electron chi connectivity index (χ3n) is 5.10. The van der Waals surface area contributed by atoms with Crippen LogP contribution in [0.2, 0.25) is 0 Å². The Labute approximate surface area is 154 Å². The number of hydrogen-bond acceptors (Lipinski definition) is 4. The molecule has 0 saturated carbocycles. The number of hydrogen-bond donors (Lipinski definition) is 2. The van der Waals surface area contributed by atoms with Gasteiger partial charge in [-0.05, 0) is 68.8 Å². The molecule has 3 aromatic rings. The number of piperidine rings is 1. The normalized spacial score (nSPS) is 15.3. The van der Waals surface area contributed by atoms with Crippen molar-refractivity contribution < 1.29 is 5.11 Å². The molecule has 4 rings (SSSR count). The second-order valence-electron chi connectivity index (χ2n) is 7.18. The van der Waals surface area contributed by atoms with Gasteiger partial charge in [-0.25, -0.2) is 0 Å². The number of benzene rings is 2. The highest BCUT2D eigenvalue weighted by Gasteiger charge is 2.13. The first-order chi connectivity index (χ1) is 12.7. The Kier molecular flexibility index (Phi) is 4.76. The number of phenolic OH excluding ortho intramolecular Hbond substituents is 1. The van der Waals surface area contributed by atoms with E-state index < -0.39 is 0 Å². The average molecular weight is 347 g/mol. The zero-order valence-corrected chi connectivity index (χ0v) is 15.2. The quantitative estimate of drug-likeness (QED) is 0.654. The van der Waals surface area contributed by atoms with Gasteiger partial charge in [0.25, 0.3) is 0 Å². The minimum absolute atomic E-state index is 0.372. The highest BCUT2D eigenvalue weighted by Crippen LogP contribution is 2.29. The lowest BCUT2D eigenvalue weighted by molar-refractivity contribution is 0.218. The predicted molar refractivity (Wildman–Crippen MR) is 107 cm³/mol. The van der Waals surface area contributed by atoms with Crippen LogP contribution in [-0.2, 0) is 6.54 Å². The predicted octanol–water partition coefficient (Wildman–Crippen LogP) is 4.98. The Morgan fingerprint density at radius 1 is 1.04 bits per heavy atom. The molecule has 1 aliphatic rings. The van der Waals surface area contributed by atoms with Crippen LogP contribution >= 0.6 is 0 Å². The summed E-state index contributed by atoms with van der Waals surface area (Å²) in [6, 6.07) is 14.1. The zero-order valence-electron chi connectivity index (χ0n) is 15.2. The fourth-order valence-electron chi connectivity index (χ4n) is 3.67. The van der Waals surface area contributed by atoms with E-state index in [-0.39, 0.29) is 0 Å². The molecule has 0 bridgehead atoms. The summed E-state index contributed by atoms with van der Waals surface area (Å²) in [5.74, 6) is 0.372. The molecule has 1 aliphatic heterocycles. The van der Waals surface area contributed by atoms with Crippen molar-refractivity contribution in [1.82, 2.24) is 9.88 Å². The molecule has 2 aromatic carbocycles. The van der Waals surface area contributed by atoms with E-state index in [1.54, 1.807) is 6.07 Å². The molecule has 1 aromatic heterocycles. The Balaban J connectivity index is 1.59. The minimum atomic E-state index is 0.372. The van der Waals surface area contributed by atoms with Crippen molar-refractivity contribution in [3.8, 4) is 5.75 Å². The molecule has 0 spiro atoms. The van der Waals surface area contributed by atoms with Gasteiger partial charge in [-0.15, -0.1) is 0 Å². The van der Waals surface area contributed by atoms with E-state index in [4.69, 9.17) is 0 Å². The zero-order chi connectivity index (χ0) is 17.9. The molecule has 26 heavy (non-hydrogen) atoms. The fourth-order valence-corrected chi connectivity index (χ4v) is 3.67. The number of aromatic hydroxyl groups is 1. The lowest BCUT2D eigenvalue weighted by atomic mass is 10.1. The SMILES string of the molecule is Cc1ccc2c(Nc3ccc(O)c(CN4CCCCC4)c3)ccnc2c1. The molecular formula is C22H25N3O. The topological polar surface area (TPSA) is 48.4 Å². The summed E-state index contributed by atoms with van der Waals surface area (Å²) in [5.41, 5.74) is 5.19. The van der Waals surface area contributed by atoms with Crippen molar-refractivity contribution in [2.75, 3.05) is 18.4 Å². The van der Waals surface area contributed by atoms with Gasteiger partial charge in [0.1, 0.15) is 5.75 Å². The molecule has 2 N–H and O–H groups in total. The van der Waals surface area contributed by atoms with Crippen molar-refractivity contribution in [1.29, 1.82) is 0 Å². The van der Waals surface area contributed by atoms with E-state index in [2.05, 4.69) is 46.4 Å². The maximum Gasteiger partial charge on any atom is 0.120 e. The highest BCUT2D eigenvalue weighted by molar-refractivity contribution is 5.93. The number of phenols is 1. The monoisotopic (exact) mass is 347 g/mol. The van der Waals surface area contributed by atoms with Crippen LogP contribution in [0.15, 0.2) is 48.7 Å². The molecule has 4 nitrogen and oxygen atoms in total. The van der Waals surface area contributed by atoms with Crippen LogP contribution in [0.3, 0.4) is 0 Å². The molecule has 134 valence electrons. The first-order valence-electron chi connectivity index (χ1n) is 9.36. The summed E-state index contributed by atoms with van der Waals surface area (Å²) in [5, 5.41) is 14.9. The molecule has 2 heterocycles. The van der Waals surface area contributed by atoms with Crippen LogP contribution in [0, 0.1) is 6.92 Å². The number of aryl methyl sites for hydroxylation is 1. The molecular weight excluding hydrogens is 322 g/mol. The molecule has 4 heteroatoms.